The van der Waals surface area contributed by atoms with Gasteiger partial charge in [-0.3, -0.25) is 0 Å². The molecule has 1 fully saturated rings. The van der Waals surface area contributed by atoms with Crippen molar-refractivity contribution in [2.75, 3.05) is 6.61 Å². The Balaban J connectivity index is 2.09. The zero-order valence-corrected chi connectivity index (χ0v) is 7.64. The highest BCUT2D eigenvalue weighted by molar-refractivity contribution is 4.91. The monoisotopic (exact) mass is 168 g/mol. The maximum Gasteiger partial charge on any atom is 0.210 e. The fraction of sp³-hybridized carbons (Fsp3) is 0.800. The average Bonchev–Trinajstić information content (AvgIpc) is 2.14. The fourth-order valence-electron chi connectivity index (χ4n) is 1.09. The Kier molecular flexibility index (Phi) is 4.63. The molecule has 1 aliphatic rings. The van der Waals surface area contributed by atoms with Crippen LogP contribution in [-0.2, 0) is 9.47 Å². The number of unbranched alkanes of at least 4 members (excludes halogenated alkanes) is 1. The van der Waals surface area contributed by atoms with Crippen molar-refractivity contribution >= 4 is 0 Å². The van der Waals surface area contributed by atoms with Gasteiger partial charge in [-0.25, -0.2) is 0 Å². The van der Waals surface area contributed by atoms with E-state index in [1.807, 2.05) is 0 Å². The average molecular weight is 168 g/mol. The Morgan fingerprint density at radius 2 is 2.42 bits per heavy atom. The number of rotatable bonds is 2. The lowest BCUT2D eigenvalue weighted by Crippen LogP contribution is -2.20. The van der Waals surface area contributed by atoms with Gasteiger partial charge < -0.3 is 9.47 Å². The van der Waals surface area contributed by atoms with Gasteiger partial charge >= 0.3 is 0 Å². The van der Waals surface area contributed by atoms with E-state index in [0.717, 1.165) is 32.3 Å². The second kappa shape index (κ2) is 5.91. The highest BCUT2D eigenvalue weighted by atomic mass is 16.7. The van der Waals surface area contributed by atoms with Crippen LogP contribution in [0.3, 0.4) is 0 Å². The molecule has 1 heterocycles. The van der Waals surface area contributed by atoms with E-state index in [4.69, 9.17) is 9.47 Å². The Hall–Kier alpha value is -0.680. The molecule has 0 aromatic heterocycles. The van der Waals surface area contributed by atoms with Crippen LogP contribution in [0.15, 0.2) is 0 Å². The molecule has 0 bridgehead atoms. The van der Waals surface area contributed by atoms with E-state index >= 15 is 0 Å². The molecule has 2 nitrogen and oxygen atoms in total. The van der Waals surface area contributed by atoms with Crippen LogP contribution < -0.4 is 0 Å². The van der Waals surface area contributed by atoms with Crippen LogP contribution in [0.1, 0.15) is 39.0 Å². The molecule has 1 rings (SSSR count). The third kappa shape index (κ3) is 3.64. The molecule has 0 N–H and O–H groups in total. The minimum Gasteiger partial charge on any atom is -0.414 e. The first-order chi connectivity index (χ1) is 5.93. The molecule has 0 aliphatic carbocycles. The first kappa shape index (κ1) is 9.41. The molecule has 1 atom stereocenters. The third-order valence-electron chi connectivity index (χ3n) is 1.78. The van der Waals surface area contributed by atoms with Crippen molar-refractivity contribution in [1.82, 2.24) is 0 Å². The molecule has 0 aromatic rings. The van der Waals surface area contributed by atoms with E-state index < -0.39 is 0 Å². The van der Waals surface area contributed by atoms with E-state index in [1.165, 1.54) is 6.42 Å². The normalized spacial score (nSPS) is 22.6. The summed E-state index contributed by atoms with van der Waals surface area (Å²) >= 11 is 0. The van der Waals surface area contributed by atoms with Crippen molar-refractivity contribution in [3.63, 3.8) is 0 Å². The van der Waals surface area contributed by atoms with Gasteiger partial charge in [0, 0.05) is 12.8 Å². The van der Waals surface area contributed by atoms with Crippen molar-refractivity contribution in [2.24, 2.45) is 0 Å². The van der Waals surface area contributed by atoms with Crippen molar-refractivity contribution in [3.05, 3.63) is 0 Å². The highest BCUT2D eigenvalue weighted by Gasteiger charge is 2.12. The van der Waals surface area contributed by atoms with Gasteiger partial charge in [0.15, 0.2) is 0 Å². The van der Waals surface area contributed by atoms with Gasteiger partial charge in [-0.05, 0) is 19.3 Å². The van der Waals surface area contributed by atoms with Crippen LogP contribution in [0.25, 0.3) is 0 Å². The van der Waals surface area contributed by atoms with E-state index in [1.54, 1.807) is 0 Å². The van der Waals surface area contributed by atoms with E-state index in [-0.39, 0.29) is 6.29 Å². The van der Waals surface area contributed by atoms with Crippen LogP contribution in [0, 0.1) is 12.0 Å². The second-order valence-electron chi connectivity index (χ2n) is 2.94. The van der Waals surface area contributed by atoms with Crippen LogP contribution in [0.2, 0.25) is 0 Å². The van der Waals surface area contributed by atoms with Crippen LogP contribution in [0.4, 0.5) is 0 Å². The first-order valence-corrected chi connectivity index (χ1v) is 4.68. The quantitative estimate of drug-likeness (QED) is 0.589. The predicted molar refractivity (Wildman–Crippen MR) is 47.4 cm³/mol. The lowest BCUT2D eigenvalue weighted by atomic mass is 10.2. The Labute approximate surface area is 74.2 Å². The van der Waals surface area contributed by atoms with E-state index in [0.29, 0.717) is 0 Å². The minimum atomic E-state index is -0.0666. The Morgan fingerprint density at radius 3 is 3.08 bits per heavy atom. The summed E-state index contributed by atoms with van der Waals surface area (Å²) in [5.41, 5.74) is 0. The lowest BCUT2D eigenvalue weighted by Gasteiger charge is -2.19. The number of hydrogen-bond acceptors (Lipinski definition) is 2. The molecule has 0 spiro atoms. The molecule has 1 unspecified atom stereocenters. The zero-order chi connectivity index (χ0) is 8.65. The van der Waals surface area contributed by atoms with Crippen molar-refractivity contribution in [2.45, 2.75) is 45.3 Å². The van der Waals surface area contributed by atoms with Crippen LogP contribution >= 0.6 is 0 Å². The highest BCUT2D eigenvalue weighted by Crippen LogP contribution is 2.12. The van der Waals surface area contributed by atoms with Crippen LogP contribution in [-0.4, -0.2) is 12.9 Å². The predicted octanol–water partition coefficient (Wildman–Crippen LogP) is 2.29. The largest absolute Gasteiger partial charge is 0.414 e. The summed E-state index contributed by atoms with van der Waals surface area (Å²) in [6.07, 6.45) is 7.95. The topological polar surface area (TPSA) is 18.5 Å². The van der Waals surface area contributed by atoms with Gasteiger partial charge in [-0.15, -0.1) is 0 Å². The van der Waals surface area contributed by atoms with Gasteiger partial charge in [0.05, 0.1) is 6.61 Å². The molecule has 68 valence electrons. The SMILES string of the molecule is CCCC#COC1CCCCO1. The van der Waals surface area contributed by atoms with Crippen LogP contribution in [0.5, 0.6) is 0 Å². The second-order valence-corrected chi connectivity index (χ2v) is 2.94. The molecular formula is C10H16O2. The third-order valence-corrected chi connectivity index (χ3v) is 1.78. The van der Waals surface area contributed by atoms with Gasteiger partial charge in [0.25, 0.3) is 0 Å². The molecule has 1 saturated heterocycles. The molecule has 1 aliphatic heterocycles. The molecular weight excluding hydrogens is 152 g/mol. The molecule has 0 radical (unpaired) electrons. The summed E-state index contributed by atoms with van der Waals surface area (Å²) in [4.78, 5) is 0. The minimum absolute atomic E-state index is 0.0666. The zero-order valence-electron chi connectivity index (χ0n) is 7.64. The van der Waals surface area contributed by atoms with Crippen molar-refractivity contribution in [1.29, 1.82) is 0 Å². The summed E-state index contributed by atoms with van der Waals surface area (Å²) in [5, 5.41) is 0. The fourth-order valence-corrected chi connectivity index (χ4v) is 1.09. The number of hydrogen-bond donors (Lipinski definition) is 0. The Morgan fingerprint density at radius 1 is 1.50 bits per heavy atom. The number of ether oxygens (including phenoxy) is 2. The maximum atomic E-state index is 5.33. The molecule has 2 heteroatoms. The summed E-state index contributed by atoms with van der Waals surface area (Å²) in [7, 11) is 0. The smallest absolute Gasteiger partial charge is 0.210 e. The van der Waals surface area contributed by atoms with E-state index in [2.05, 4.69) is 19.0 Å². The lowest BCUT2D eigenvalue weighted by molar-refractivity contribution is -0.121. The summed E-state index contributed by atoms with van der Waals surface area (Å²) < 4.78 is 10.5. The molecule has 0 aromatic carbocycles. The van der Waals surface area contributed by atoms with Gasteiger partial charge in [-0.1, -0.05) is 12.8 Å². The molecule has 0 saturated carbocycles. The Bertz CT molecular complexity index is 160. The van der Waals surface area contributed by atoms with Crippen molar-refractivity contribution in [3.8, 4) is 12.0 Å². The standard InChI is InChI=1S/C10H16O2/c1-2-3-5-8-11-10-7-4-6-9-12-10/h10H,2-4,6-7,9H2,1H3. The van der Waals surface area contributed by atoms with Gasteiger partial charge in [0.1, 0.15) is 6.11 Å². The van der Waals surface area contributed by atoms with Gasteiger partial charge in [-0.2, -0.15) is 0 Å². The molecule has 0 amide bonds. The molecule has 12 heavy (non-hydrogen) atoms. The van der Waals surface area contributed by atoms with Crippen molar-refractivity contribution < 1.29 is 9.47 Å². The maximum absolute atomic E-state index is 5.33. The first-order valence-electron chi connectivity index (χ1n) is 4.68. The summed E-state index contributed by atoms with van der Waals surface area (Å²) in [6.45, 7) is 2.92. The summed E-state index contributed by atoms with van der Waals surface area (Å²) in [6, 6.07) is 0. The van der Waals surface area contributed by atoms with Gasteiger partial charge in [0.2, 0.25) is 6.29 Å². The summed E-state index contributed by atoms with van der Waals surface area (Å²) in [5.74, 6) is 2.93. The van der Waals surface area contributed by atoms with E-state index in [9.17, 15) is 0 Å².